The molecule has 1 aliphatic heterocycles. The first-order valence-corrected chi connectivity index (χ1v) is 6.40. The minimum atomic E-state index is -2.27. The van der Waals surface area contributed by atoms with Crippen LogP contribution in [-0.2, 0) is 0 Å². The minimum absolute atomic E-state index is 0.156. The quantitative estimate of drug-likeness (QED) is 0.887. The van der Waals surface area contributed by atoms with E-state index in [1.54, 1.807) is 0 Å². The van der Waals surface area contributed by atoms with E-state index in [9.17, 15) is 8.78 Å². The maximum atomic E-state index is 12.2. The van der Waals surface area contributed by atoms with Crippen LogP contribution in [0.1, 0.15) is 17.9 Å². The van der Waals surface area contributed by atoms with Crippen molar-refractivity contribution in [2.45, 2.75) is 24.8 Å². The fourth-order valence-electron chi connectivity index (χ4n) is 2.69. The van der Waals surface area contributed by atoms with Gasteiger partial charge in [-0.05, 0) is 24.9 Å². The van der Waals surface area contributed by atoms with E-state index in [0.717, 1.165) is 19.5 Å². The Morgan fingerprint density at radius 3 is 2.67 bits per heavy atom. The molecule has 0 aromatic heterocycles. The van der Waals surface area contributed by atoms with Crippen LogP contribution < -0.4 is 5.32 Å². The number of likely N-dealkylation sites (tertiary alicyclic amines) is 1. The van der Waals surface area contributed by atoms with Crippen LogP contribution in [0.15, 0.2) is 30.3 Å². The van der Waals surface area contributed by atoms with Gasteiger partial charge in [0.1, 0.15) is 0 Å². The van der Waals surface area contributed by atoms with E-state index < -0.39 is 6.43 Å². The van der Waals surface area contributed by atoms with Crippen LogP contribution in [0.25, 0.3) is 0 Å². The molecule has 1 aromatic rings. The maximum absolute atomic E-state index is 12.2. The molecule has 0 saturated carbocycles. The molecule has 0 amide bonds. The molecule has 0 bridgehead atoms. The van der Waals surface area contributed by atoms with Crippen LogP contribution in [0, 0.1) is 0 Å². The summed E-state index contributed by atoms with van der Waals surface area (Å²) in [6.07, 6.45) is -1.34. The average molecular weight is 254 g/mol. The molecule has 18 heavy (non-hydrogen) atoms. The SMILES string of the molecule is CN1CC(NCC(F)F)CC(c2ccccc2)C1. The Bertz CT molecular complexity index is 356. The van der Waals surface area contributed by atoms with Gasteiger partial charge in [-0.2, -0.15) is 0 Å². The lowest BCUT2D eigenvalue weighted by Gasteiger charge is -2.36. The fourth-order valence-corrected chi connectivity index (χ4v) is 2.69. The average Bonchev–Trinajstić information content (AvgIpc) is 2.37. The highest BCUT2D eigenvalue weighted by molar-refractivity contribution is 5.21. The van der Waals surface area contributed by atoms with Crippen molar-refractivity contribution in [3.05, 3.63) is 35.9 Å². The van der Waals surface area contributed by atoms with Crippen molar-refractivity contribution in [3.8, 4) is 0 Å². The summed E-state index contributed by atoms with van der Waals surface area (Å²) in [6.45, 7) is 1.63. The lowest BCUT2D eigenvalue weighted by atomic mass is 9.88. The second-order valence-electron chi connectivity index (χ2n) is 5.06. The highest BCUT2D eigenvalue weighted by Gasteiger charge is 2.26. The predicted octanol–water partition coefficient (Wildman–Crippen LogP) is 2.33. The summed E-state index contributed by atoms with van der Waals surface area (Å²) in [5.41, 5.74) is 1.30. The standard InChI is InChI=1S/C14H20F2N2/c1-18-9-12(11-5-3-2-4-6-11)7-13(10-18)17-8-14(15)16/h2-6,12-14,17H,7-10H2,1H3. The van der Waals surface area contributed by atoms with Crippen LogP contribution in [-0.4, -0.2) is 44.0 Å². The molecule has 0 aliphatic carbocycles. The normalized spacial score (nSPS) is 25.6. The van der Waals surface area contributed by atoms with Crippen molar-refractivity contribution in [3.63, 3.8) is 0 Å². The molecule has 1 saturated heterocycles. The number of piperidine rings is 1. The zero-order valence-corrected chi connectivity index (χ0v) is 10.7. The monoisotopic (exact) mass is 254 g/mol. The zero-order chi connectivity index (χ0) is 13.0. The Kier molecular flexibility index (Phi) is 4.66. The van der Waals surface area contributed by atoms with E-state index in [1.165, 1.54) is 5.56 Å². The van der Waals surface area contributed by atoms with Crippen molar-refractivity contribution in [1.82, 2.24) is 10.2 Å². The highest BCUT2D eigenvalue weighted by Crippen LogP contribution is 2.26. The van der Waals surface area contributed by atoms with Crippen LogP contribution in [0.4, 0.5) is 8.78 Å². The van der Waals surface area contributed by atoms with Gasteiger partial charge in [0, 0.05) is 19.1 Å². The van der Waals surface area contributed by atoms with Gasteiger partial charge in [-0.15, -0.1) is 0 Å². The molecule has 0 spiro atoms. The van der Waals surface area contributed by atoms with Gasteiger partial charge in [0.05, 0.1) is 6.54 Å². The second-order valence-corrected chi connectivity index (χ2v) is 5.06. The van der Waals surface area contributed by atoms with Gasteiger partial charge in [0.15, 0.2) is 0 Å². The minimum Gasteiger partial charge on any atom is -0.307 e. The summed E-state index contributed by atoms with van der Waals surface area (Å²) in [6, 6.07) is 10.5. The first kappa shape index (κ1) is 13.4. The molecule has 100 valence electrons. The van der Waals surface area contributed by atoms with Gasteiger partial charge in [0.25, 0.3) is 6.43 Å². The Balaban J connectivity index is 1.96. The molecule has 4 heteroatoms. The second kappa shape index (κ2) is 6.25. The van der Waals surface area contributed by atoms with E-state index in [1.807, 2.05) is 25.2 Å². The molecule has 1 N–H and O–H groups in total. The maximum Gasteiger partial charge on any atom is 0.250 e. The Morgan fingerprint density at radius 1 is 1.28 bits per heavy atom. The lowest BCUT2D eigenvalue weighted by Crippen LogP contribution is -2.48. The number of rotatable bonds is 4. The van der Waals surface area contributed by atoms with E-state index in [4.69, 9.17) is 0 Å². The van der Waals surface area contributed by atoms with Crippen LogP contribution >= 0.6 is 0 Å². The number of likely N-dealkylation sites (N-methyl/N-ethyl adjacent to an activating group) is 1. The molecular weight excluding hydrogens is 234 g/mol. The molecule has 0 radical (unpaired) electrons. The molecule has 1 fully saturated rings. The molecule has 2 unspecified atom stereocenters. The summed E-state index contributed by atoms with van der Waals surface area (Å²) in [4.78, 5) is 2.21. The number of alkyl halides is 2. The van der Waals surface area contributed by atoms with Crippen molar-refractivity contribution in [2.24, 2.45) is 0 Å². The first-order valence-electron chi connectivity index (χ1n) is 6.40. The summed E-state index contributed by atoms with van der Waals surface area (Å²) >= 11 is 0. The molecule has 1 aromatic carbocycles. The first-order chi connectivity index (χ1) is 8.65. The van der Waals surface area contributed by atoms with Crippen molar-refractivity contribution in [2.75, 3.05) is 26.7 Å². The fraction of sp³-hybridized carbons (Fsp3) is 0.571. The van der Waals surface area contributed by atoms with Gasteiger partial charge >= 0.3 is 0 Å². The Morgan fingerprint density at radius 2 is 2.00 bits per heavy atom. The van der Waals surface area contributed by atoms with E-state index >= 15 is 0 Å². The predicted molar refractivity (Wildman–Crippen MR) is 69.1 cm³/mol. The number of nitrogens with one attached hydrogen (secondary N) is 1. The van der Waals surface area contributed by atoms with E-state index in [0.29, 0.717) is 5.92 Å². The van der Waals surface area contributed by atoms with E-state index in [2.05, 4.69) is 22.3 Å². The molecule has 1 aliphatic rings. The summed E-state index contributed by atoms with van der Waals surface area (Å²) < 4.78 is 24.5. The largest absolute Gasteiger partial charge is 0.307 e. The Hall–Kier alpha value is -1.00. The number of nitrogens with zero attached hydrogens (tertiary/aromatic N) is 1. The molecule has 2 nitrogen and oxygen atoms in total. The van der Waals surface area contributed by atoms with Crippen LogP contribution in [0.2, 0.25) is 0 Å². The van der Waals surface area contributed by atoms with Crippen molar-refractivity contribution < 1.29 is 8.78 Å². The third-order valence-electron chi connectivity index (χ3n) is 3.46. The van der Waals surface area contributed by atoms with Crippen molar-refractivity contribution >= 4 is 0 Å². The third kappa shape index (κ3) is 3.75. The van der Waals surface area contributed by atoms with Gasteiger partial charge in [-0.3, -0.25) is 0 Å². The molecule has 1 heterocycles. The topological polar surface area (TPSA) is 15.3 Å². The smallest absolute Gasteiger partial charge is 0.250 e. The lowest BCUT2D eigenvalue weighted by molar-refractivity contribution is 0.127. The summed E-state index contributed by atoms with van der Waals surface area (Å²) in [5, 5.41) is 2.96. The summed E-state index contributed by atoms with van der Waals surface area (Å²) in [5.74, 6) is 0.431. The van der Waals surface area contributed by atoms with Gasteiger partial charge in [0.2, 0.25) is 0 Å². The molecule has 2 atom stereocenters. The zero-order valence-electron chi connectivity index (χ0n) is 10.7. The van der Waals surface area contributed by atoms with Crippen molar-refractivity contribution in [1.29, 1.82) is 0 Å². The van der Waals surface area contributed by atoms with Gasteiger partial charge < -0.3 is 10.2 Å². The number of halogens is 2. The molecular formula is C14H20F2N2. The van der Waals surface area contributed by atoms with Crippen LogP contribution in [0.3, 0.4) is 0 Å². The van der Waals surface area contributed by atoms with E-state index in [-0.39, 0.29) is 12.6 Å². The Labute approximate surface area is 107 Å². The number of benzene rings is 1. The number of hydrogen-bond acceptors (Lipinski definition) is 2. The van der Waals surface area contributed by atoms with Crippen LogP contribution in [0.5, 0.6) is 0 Å². The van der Waals surface area contributed by atoms with Gasteiger partial charge in [-0.25, -0.2) is 8.78 Å². The highest BCUT2D eigenvalue weighted by atomic mass is 19.3. The summed E-state index contributed by atoms with van der Waals surface area (Å²) in [7, 11) is 2.05. The van der Waals surface area contributed by atoms with Gasteiger partial charge in [-0.1, -0.05) is 30.3 Å². The molecule has 2 rings (SSSR count). The third-order valence-corrected chi connectivity index (χ3v) is 3.46. The number of hydrogen-bond donors (Lipinski definition) is 1.